The van der Waals surface area contributed by atoms with Crippen LogP contribution in [0.5, 0.6) is 11.5 Å². The molecule has 12 heteroatoms. The van der Waals surface area contributed by atoms with Crippen LogP contribution < -0.4 is 19.1 Å². The molecule has 2 aromatic carbocycles. The topological polar surface area (TPSA) is 122 Å². The monoisotopic (exact) mass is 539 g/mol. The number of hydrogen-bond acceptors (Lipinski definition) is 7. The van der Waals surface area contributed by atoms with Gasteiger partial charge in [0.15, 0.2) is 0 Å². The molecule has 3 rings (SSSR count). The predicted octanol–water partition coefficient (Wildman–Crippen LogP) is 2.22. The number of nitrogens with zero attached hydrogens (tertiary/aromatic N) is 2. The molecule has 1 aliphatic rings. The fourth-order valence-electron chi connectivity index (χ4n) is 3.78. The molecule has 1 saturated heterocycles. The van der Waals surface area contributed by atoms with Crippen molar-refractivity contribution in [2.45, 2.75) is 31.1 Å². The van der Waals surface area contributed by atoms with Gasteiger partial charge in [-0.25, -0.2) is 16.8 Å². The molecule has 0 saturated carbocycles. The van der Waals surface area contributed by atoms with Crippen LogP contribution in [0.2, 0.25) is 0 Å². The molecule has 1 fully saturated rings. The number of hydrogen-bond donors (Lipinski definition) is 1. The highest BCUT2D eigenvalue weighted by molar-refractivity contribution is 7.92. The van der Waals surface area contributed by atoms with Crippen LogP contribution in [-0.2, 0) is 24.8 Å². The zero-order valence-electron chi connectivity index (χ0n) is 20.6. The lowest BCUT2D eigenvalue weighted by Crippen LogP contribution is -2.41. The normalized spacial score (nSPS) is 14.7. The van der Waals surface area contributed by atoms with Gasteiger partial charge in [0.05, 0.1) is 30.0 Å². The summed E-state index contributed by atoms with van der Waals surface area (Å²) in [6, 6.07) is 12.6. The number of ether oxygens (including phenoxy) is 2. The molecule has 198 valence electrons. The Kier molecular flexibility index (Phi) is 9.57. The molecule has 0 bridgehead atoms. The molecule has 0 aromatic heterocycles. The van der Waals surface area contributed by atoms with Crippen LogP contribution in [0.1, 0.15) is 26.2 Å². The molecule has 0 radical (unpaired) electrons. The van der Waals surface area contributed by atoms with E-state index < -0.39 is 26.0 Å². The fourth-order valence-corrected chi connectivity index (χ4v) is 6.16. The number of sulfonamides is 2. The van der Waals surface area contributed by atoms with Gasteiger partial charge in [-0.05, 0) is 68.3 Å². The van der Waals surface area contributed by atoms with E-state index in [1.54, 1.807) is 36.4 Å². The molecule has 0 spiro atoms. The van der Waals surface area contributed by atoms with E-state index in [-0.39, 0.29) is 24.6 Å². The van der Waals surface area contributed by atoms with Gasteiger partial charge in [-0.1, -0.05) is 6.42 Å². The molecule has 0 unspecified atom stereocenters. The average Bonchev–Trinajstić information content (AvgIpc) is 2.86. The Morgan fingerprint density at radius 1 is 0.917 bits per heavy atom. The Morgan fingerprint density at radius 3 is 2.08 bits per heavy atom. The minimum absolute atomic E-state index is 0.131. The first-order valence-corrected chi connectivity index (χ1v) is 15.1. The number of carbonyl (C=O) groups is 1. The van der Waals surface area contributed by atoms with Gasteiger partial charge in [-0.15, -0.1) is 0 Å². The van der Waals surface area contributed by atoms with Gasteiger partial charge < -0.3 is 14.8 Å². The van der Waals surface area contributed by atoms with E-state index in [1.165, 1.54) is 16.4 Å². The Balaban J connectivity index is 1.49. The summed E-state index contributed by atoms with van der Waals surface area (Å²) in [6.45, 7) is 3.31. The van der Waals surface area contributed by atoms with Crippen molar-refractivity contribution < 1.29 is 31.1 Å². The van der Waals surface area contributed by atoms with Crippen LogP contribution in [0.25, 0.3) is 0 Å². The number of piperidine rings is 1. The van der Waals surface area contributed by atoms with Gasteiger partial charge >= 0.3 is 0 Å². The lowest BCUT2D eigenvalue weighted by Gasteiger charge is -2.25. The largest absolute Gasteiger partial charge is 0.494 e. The molecule has 36 heavy (non-hydrogen) atoms. The Morgan fingerprint density at radius 2 is 1.50 bits per heavy atom. The number of anilines is 1. The van der Waals surface area contributed by atoms with Crippen molar-refractivity contribution in [2.75, 3.05) is 50.0 Å². The lowest BCUT2D eigenvalue weighted by atomic mass is 10.2. The molecule has 2 aromatic rings. The van der Waals surface area contributed by atoms with Crippen LogP contribution in [0.4, 0.5) is 5.69 Å². The van der Waals surface area contributed by atoms with Gasteiger partial charge in [-0.3, -0.25) is 9.10 Å². The van der Waals surface area contributed by atoms with Gasteiger partial charge in [0.25, 0.3) is 0 Å². The zero-order valence-corrected chi connectivity index (χ0v) is 22.2. The Hall–Kier alpha value is -2.83. The fraction of sp³-hybridized carbons (Fsp3) is 0.458. The highest BCUT2D eigenvalue weighted by atomic mass is 32.2. The Labute approximate surface area is 213 Å². The zero-order chi connectivity index (χ0) is 26.2. The second-order valence-corrected chi connectivity index (χ2v) is 12.2. The van der Waals surface area contributed by atoms with Gasteiger partial charge in [0, 0.05) is 13.1 Å². The number of carbonyl (C=O) groups excluding carboxylic acids is 1. The molecule has 0 aliphatic carbocycles. The molecule has 1 heterocycles. The number of nitrogens with one attached hydrogen (secondary N) is 1. The lowest BCUT2D eigenvalue weighted by molar-refractivity contribution is -0.119. The maximum Gasteiger partial charge on any atom is 0.243 e. The van der Waals surface area contributed by atoms with Crippen molar-refractivity contribution in [1.29, 1.82) is 0 Å². The van der Waals surface area contributed by atoms with E-state index in [1.807, 2.05) is 6.92 Å². The molecule has 10 nitrogen and oxygen atoms in total. The van der Waals surface area contributed by atoms with Crippen LogP contribution >= 0.6 is 0 Å². The van der Waals surface area contributed by atoms with E-state index in [4.69, 9.17) is 9.47 Å². The summed E-state index contributed by atoms with van der Waals surface area (Å²) in [5.74, 6) is 0.586. The van der Waals surface area contributed by atoms with Gasteiger partial charge in [-0.2, -0.15) is 4.31 Å². The minimum atomic E-state index is -3.69. The van der Waals surface area contributed by atoms with Crippen molar-refractivity contribution >= 4 is 31.6 Å². The maximum atomic E-state index is 12.7. The van der Waals surface area contributed by atoms with Crippen LogP contribution in [0, 0.1) is 0 Å². The number of rotatable bonds is 12. The average molecular weight is 540 g/mol. The van der Waals surface area contributed by atoms with E-state index in [9.17, 15) is 21.6 Å². The summed E-state index contributed by atoms with van der Waals surface area (Å²) >= 11 is 0. The van der Waals surface area contributed by atoms with Crippen LogP contribution in [-0.4, -0.2) is 72.7 Å². The second kappa shape index (κ2) is 12.4. The van der Waals surface area contributed by atoms with Crippen molar-refractivity contribution in [3.8, 4) is 11.5 Å². The summed E-state index contributed by atoms with van der Waals surface area (Å²) < 4.78 is 63.4. The smallest absolute Gasteiger partial charge is 0.243 e. The Bertz CT molecular complexity index is 1210. The third kappa shape index (κ3) is 7.58. The first-order chi connectivity index (χ1) is 17.1. The maximum absolute atomic E-state index is 12.7. The SMILES string of the molecule is CCOc1ccc(N(CC(=O)NCCOc2ccc(S(=O)(=O)N3CCCCC3)cc2)S(C)(=O)=O)cc1. The third-order valence-electron chi connectivity index (χ3n) is 5.59. The molecular formula is C24H33N3O7S2. The molecule has 1 aliphatic heterocycles. The molecular weight excluding hydrogens is 506 g/mol. The minimum Gasteiger partial charge on any atom is -0.494 e. The quantitative estimate of drug-likeness (QED) is 0.411. The standard InChI is InChI=1S/C24H33N3O7S2/c1-3-33-21-9-7-20(8-10-21)27(35(2,29)30)19-24(28)25-15-18-34-22-11-13-23(14-12-22)36(31,32)26-16-5-4-6-17-26/h7-14H,3-6,15-19H2,1-2H3,(H,25,28). The predicted molar refractivity (Wildman–Crippen MR) is 137 cm³/mol. The van der Waals surface area contributed by atoms with Crippen molar-refractivity contribution in [3.63, 3.8) is 0 Å². The summed E-state index contributed by atoms with van der Waals surface area (Å²) in [4.78, 5) is 12.6. The van der Waals surface area contributed by atoms with Gasteiger partial charge in [0.1, 0.15) is 24.7 Å². The number of amides is 1. The van der Waals surface area contributed by atoms with E-state index >= 15 is 0 Å². The first-order valence-electron chi connectivity index (χ1n) is 11.8. The summed E-state index contributed by atoms with van der Waals surface area (Å²) in [6.07, 6.45) is 3.82. The summed E-state index contributed by atoms with van der Waals surface area (Å²) in [7, 11) is -7.20. The van der Waals surface area contributed by atoms with Crippen LogP contribution in [0.15, 0.2) is 53.4 Å². The van der Waals surface area contributed by atoms with Crippen LogP contribution in [0.3, 0.4) is 0 Å². The first kappa shape index (κ1) is 27.8. The second-order valence-electron chi connectivity index (χ2n) is 8.33. The van der Waals surface area contributed by atoms with E-state index in [2.05, 4.69) is 5.32 Å². The highest BCUT2D eigenvalue weighted by Gasteiger charge is 2.25. The number of benzene rings is 2. The highest BCUT2D eigenvalue weighted by Crippen LogP contribution is 2.23. The molecule has 1 amide bonds. The van der Waals surface area contributed by atoms with Gasteiger partial charge in [0.2, 0.25) is 26.0 Å². The summed E-state index contributed by atoms with van der Waals surface area (Å²) in [5, 5.41) is 2.64. The van der Waals surface area contributed by atoms with E-state index in [0.29, 0.717) is 36.9 Å². The third-order valence-corrected chi connectivity index (χ3v) is 8.65. The van der Waals surface area contributed by atoms with Crippen molar-refractivity contribution in [2.24, 2.45) is 0 Å². The van der Waals surface area contributed by atoms with E-state index in [0.717, 1.165) is 29.8 Å². The van der Waals surface area contributed by atoms with Crippen molar-refractivity contribution in [3.05, 3.63) is 48.5 Å². The molecule has 0 atom stereocenters. The summed E-state index contributed by atoms with van der Waals surface area (Å²) in [5.41, 5.74) is 0.354. The van der Waals surface area contributed by atoms with Crippen molar-refractivity contribution in [1.82, 2.24) is 9.62 Å². The molecule has 1 N–H and O–H groups in total.